The summed E-state index contributed by atoms with van der Waals surface area (Å²) in [6.45, 7) is 11.9. The van der Waals surface area contributed by atoms with Gasteiger partial charge in [-0.15, -0.1) is 0 Å². The van der Waals surface area contributed by atoms with Crippen LogP contribution in [-0.2, 0) is 6.54 Å². The van der Waals surface area contributed by atoms with E-state index in [0.29, 0.717) is 12.1 Å². The molecule has 0 saturated heterocycles. The number of aromatic nitrogens is 1. The van der Waals surface area contributed by atoms with E-state index >= 15 is 0 Å². The van der Waals surface area contributed by atoms with Gasteiger partial charge in [0.2, 0.25) is 0 Å². The maximum absolute atomic E-state index is 4.29. The Hall–Kier alpha value is -0.930. The Labute approximate surface area is 105 Å². The second-order valence-corrected chi connectivity index (χ2v) is 4.92. The molecule has 0 amide bonds. The van der Waals surface area contributed by atoms with Crippen molar-refractivity contribution in [1.29, 1.82) is 0 Å². The summed E-state index contributed by atoms with van der Waals surface area (Å²) in [4.78, 5) is 6.78. The minimum absolute atomic E-state index is 0.603. The van der Waals surface area contributed by atoms with Crippen LogP contribution < -0.4 is 5.32 Å². The van der Waals surface area contributed by atoms with E-state index in [-0.39, 0.29) is 0 Å². The van der Waals surface area contributed by atoms with Gasteiger partial charge in [-0.05, 0) is 39.8 Å². The molecule has 96 valence electrons. The third-order valence-corrected chi connectivity index (χ3v) is 2.91. The van der Waals surface area contributed by atoms with E-state index in [1.807, 2.05) is 18.3 Å². The van der Waals surface area contributed by atoms with Crippen LogP contribution in [0.1, 0.15) is 33.4 Å². The molecule has 1 heterocycles. The highest BCUT2D eigenvalue weighted by Crippen LogP contribution is 2.03. The van der Waals surface area contributed by atoms with Gasteiger partial charge < -0.3 is 5.32 Å². The van der Waals surface area contributed by atoms with Gasteiger partial charge in [0, 0.05) is 37.9 Å². The summed E-state index contributed by atoms with van der Waals surface area (Å²) in [5.41, 5.74) is 1.10. The largest absolute Gasteiger partial charge is 0.310 e. The van der Waals surface area contributed by atoms with E-state index in [0.717, 1.165) is 25.3 Å². The van der Waals surface area contributed by atoms with Gasteiger partial charge in [-0.25, -0.2) is 0 Å². The van der Waals surface area contributed by atoms with Gasteiger partial charge in [-0.1, -0.05) is 6.07 Å². The molecule has 1 aromatic rings. The molecule has 0 aliphatic carbocycles. The number of nitrogens with one attached hydrogen (secondary N) is 1. The Morgan fingerprint density at radius 1 is 1.18 bits per heavy atom. The summed E-state index contributed by atoms with van der Waals surface area (Å²) < 4.78 is 0. The number of hydrogen-bond donors (Lipinski definition) is 1. The highest BCUT2D eigenvalue weighted by molar-refractivity contribution is 5.02. The molecule has 3 heteroatoms. The summed E-state index contributed by atoms with van der Waals surface area (Å²) in [5, 5.41) is 3.44. The first kappa shape index (κ1) is 14.1. The Morgan fingerprint density at radius 3 is 2.41 bits per heavy atom. The van der Waals surface area contributed by atoms with E-state index in [1.165, 1.54) is 0 Å². The molecule has 0 saturated carbocycles. The van der Waals surface area contributed by atoms with Crippen molar-refractivity contribution >= 4 is 0 Å². The van der Waals surface area contributed by atoms with Crippen LogP contribution in [0.25, 0.3) is 0 Å². The molecule has 0 aliphatic rings. The van der Waals surface area contributed by atoms with Gasteiger partial charge in [0.05, 0.1) is 5.69 Å². The summed E-state index contributed by atoms with van der Waals surface area (Å²) in [6, 6.07) is 7.23. The third kappa shape index (κ3) is 5.29. The Balaban J connectivity index is 2.23. The summed E-state index contributed by atoms with van der Waals surface area (Å²) in [6.07, 6.45) is 1.84. The van der Waals surface area contributed by atoms with Gasteiger partial charge in [0.15, 0.2) is 0 Å². The van der Waals surface area contributed by atoms with Crippen molar-refractivity contribution < 1.29 is 0 Å². The molecule has 0 spiro atoms. The normalized spacial score (nSPS) is 11.7. The fourth-order valence-electron chi connectivity index (χ4n) is 2.04. The lowest BCUT2D eigenvalue weighted by Crippen LogP contribution is -2.41. The van der Waals surface area contributed by atoms with Crippen molar-refractivity contribution in [2.24, 2.45) is 0 Å². The number of hydrogen-bond acceptors (Lipinski definition) is 3. The second kappa shape index (κ2) is 7.41. The predicted octanol–water partition coefficient (Wildman–Crippen LogP) is 2.29. The second-order valence-electron chi connectivity index (χ2n) is 4.92. The van der Waals surface area contributed by atoms with Gasteiger partial charge >= 0.3 is 0 Å². The van der Waals surface area contributed by atoms with Crippen LogP contribution in [0.3, 0.4) is 0 Å². The van der Waals surface area contributed by atoms with E-state index in [2.05, 4.69) is 49.0 Å². The topological polar surface area (TPSA) is 28.2 Å². The van der Waals surface area contributed by atoms with Crippen LogP contribution in [0.15, 0.2) is 24.4 Å². The summed E-state index contributed by atoms with van der Waals surface area (Å²) >= 11 is 0. The van der Waals surface area contributed by atoms with Crippen LogP contribution in [0, 0.1) is 0 Å². The van der Waals surface area contributed by atoms with Gasteiger partial charge in [0.1, 0.15) is 0 Å². The van der Waals surface area contributed by atoms with E-state index in [4.69, 9.17) is 0 Å². The van der Waals surface area contributed by atoms with E-state index < -0.39 is 0 Å². The predicted molar refractivity (Wildman–Crippen MR) is 72.9 cm³/mol. The number of rotatable bonds is 7. The molecule has 1 rings (SSSR count). The first-order valence-electron chi connectivity index (χ1n) is 6.47. The Morgan fingerprint density at radius 2 is 1.88 bits per heavy atom. The molecule has 0 fully saturated rings. The molecule has 0 radical (unpaired) electrons. The van der Waals surface area contributed by atoms with Crippen molar-refractivity contribution in [2.45, 2.75) is 46.3 Å². The molecule has 0 bridgehead atoms. The molecule has 1 aromatic heterocycles. The third-order valence-electron chi connectivity index (χ3n) is 2.91. The van der Waals surface area contributed by atoms with Crippen molar-refractivity contribution in [1.82, 2.24) is 15.2 Å². The summed E-state index contributed by atoms with van der Waals surface area (Å²) in [7, 11) is 0. The van der Waals surface area contributed by atoms with Crippen LogP contribution >= 0.6 is 0 Å². The zero-order valence-corrected chi connectivity index (χ0v) is 11.5. The summed E-state index contributed by atoms with van der Waals surface area (Å²) in [5.74, 6) is 0. The van der Waals surface area contributed by atoms with Crippen LogP contribution in [0.4, 0.5) is 0 Å². The SMILES string of the molecule is CC(C)N(CCNCc1ccccn1)C(C)C. The fourth-order valence-corrected chi connectivity index (χ4v) is 2.04. The minimum Gasteiger partial charge on any atom is -0.310 e. The minimum atomic E-state index is 0.603. The van der Waals surface area contributed by atoms with Gasteiger partial charge in [0.25, 0.3) is 0 Å². The highest BCUT2D eigenvalue weighted by atomic mass is 15.2. The first-order chi connectivity index (χ1) is 8.11. The lowest BCUT2D eigenvalue weighted by atomic mass is 10.2. The molecular weight excluding hydrogens is 210 g/mol. The Kier molecular flexibility index (Phi) is 6.16. The molecule has 0 unspecified atom stereocenters. The monoisotopic (exact) mass is 235 g/mol. The zero-order chi connectivity index (χ0) is 12.7. The molecule has 1 N–H and O–H groups in total. The fraction of sp³-hybridized carbons (Fsp3) is 0.643. The zero-order valence-electron chi connectivity index (χ0n) is 11.5. The van der Waals surface area contributed by atoms with Crippen LogP contribution in [-0.4, -0.2) is 35.1 Å². The standard InChI is InChI=1S/C14H25N3/c1-12(2)17(13(3)4)10-9-15-11-14-7-5-6-8-16-14/h5-8,12-13,15H,9-11H2,1-4H3. The van der Waals surface area contributed by atoms with Crippen molar-refractivity contribution in [3.05, 3.63) is 30.1 Å². The Bertz CT molecular complexity index is 288. The molecule has 3 nitrogen and oxygen atoms in total. The molecule has 17 heavy (non-hydrogen) atoms. The lowest BCUT2D eigenvalue weighted by Gasteiger charge is -2.30. The maximum atomic E-state index is 4.29. The molecule has 0 atom stereocenters. The van der Waals surface area contributed by atoms with Crippen LogP contribution in [0.2, 0.25) is 0 Å². The average Bonchev–Trinajstić information content (AvgIpc) is 2.29. The van der Waals surface area contributed by atoms with Gasteiger partial charge in [-0.2, -0.15) is 0 Å². The lowest BCUT2D eigenvalue weighted by molar-refractivity contribution is 0.175. The first-order valence-corrected chi connectivity index (χ1v) is 6.47. The quantitative estimate of drug-likeness (QED) is 0.735. The van der Waals surface area contributed by atoms with E-state index in [1.54, 1.807) is 0 Å². The molecule has 0 aromatic carbocycles. The number of nitrogens with zero attached hydrogens (tertiary/aromatic N) is 2. The van der Waals surface area contributed by atoms with Crippen molar-refractivity contribution in [3.8, 4) is 0 Å². The molecular formula is C14H25N3. The van der Waals surface area contributed by atoms with Crippen molar-refractivity contribution in [3.63, 3.8) is 0 Å². The highest BCUT2D eigenvalue weighted by Gasteiger charge is 2.11. The maximum Gasteiger partial charge on any atom is 0.0541 e. The molecule has 0 aliphatic heterocycles. The number of pyridine rings is 1. The average molecular weight is 235 g/mol. The smallest absolute Gasteiger partial charge is 0.0541 e. The van der Waals surface area contributed by atoms with Gasteiger partial charge in [-0.3, -0.25) is 9.88 Å². The van der Waals surface area contributed by atoms with Crippen molar-refractivity contribution in [2.75, 3.05) is 13.1 Å². The van der Waals surface area contributed by atoms with E-state index in [9.17, 15) is 0 Å². The van der Waals surface area contributed by atoms with Crippen LogP contribution in [0.5, 0.6) is 0 Å².